The summed E-state index contributed by atoms with van der Waals surface area (Å²) in [4.78, 5) is 4.01. The first-order chi connectivity index (χ1) is 6.54. The van der Waals surface area contributed by atoms with E-state index in [1.165, 1.54) is 0 Å². The van der Waals surface area contributed by atoms with Gasteiger partial charge in [-0.1, -0.05) is 23.2 Å². The number of nitrogens with two attached hydrogens (primary N) is 1. The summed E-state index contributed by atoms with van der Waals surface area (Å²) in [6.07, 6.45) is 0. The van der Waals surface area contributed by atoms with Crippen LogP contribution in [-0.2, 0) is 0 Å². The summed E-state index contributed by atoms with van der Waals surface area (Å²) < 4.78 is 0.945. The smallest absolute Gasteiger partial charge is 0.115 e. The lowest BCUT2D eigenvalue weighted by Gasteiger charge is -2.03. The van der Waals surface area contributed by atoms with Crippen molar-refractivity contribution in [3.05, 3.63) is 25.7 Å². The Hall–Kier alpha value is 0.290. The van der Waals surface area contributed by atoms with Gasteiger partial charge in [0.05, 0.1) is 15.9 Å². The molecule has 0 aliphatic rings. The average Bonchev–Trinajstić information content (AvgIpc) is 2.10. The van der Waals surface area contributed by atoms with E-state index in [0.717, 1.165) is 3.57 Å². The van der Waals surface area contributed by atoms with E-state index in [9.17, 15) is 0 Å². The molecule has 0 fully saturated rings. The van der Waals surface area contributed by atoms with E-state index >= 15 is 0 Å². The number of alkyl halides is 1. The van der Waals surface area contributed by atoms with Crippen LogP contribution in [-0.4, -0.2) is 11.7 Å². The van der Waals surface area contributed by atoms with Gasteiger partial charge in [0.1, 0.15) is 11.5 Å². The van der Waals surface area contributed by atoms with Crippen molar-refractivity contribution in [2.24, 2.45) is 10.7 Å². The van der Waals surface area contributed by atoms with Gasteiger partial charge in [-0.05, 0) is 34.7 Å². The maximum absolute atomic E-state index is 5.94. The summed E-state index contributed by atoms with van der Waals surface area (Å²) in [5.41, 5.74) is 5.94. The Morgan fingerprint density at radius 1 is 1.36 bits per heavy atom. The molecule has 14 heavy (non-hydrogen) atoms. The second kappa shape index (κ2) is 5.39. The fraction of sp³-hybridized carbons (Fsp3) is 0.125. The average molecular weight is 363 g/mol. The highest BCUT2D eigenvalue weighted by Gasteiger charge is 2.06. The van der Waals surface area contributed by atoms with Crippen LogP contribution in [0.25, 0.3) is 0 Å². The van der Waals surface area contributed by atoms with Crippen molar-refractivity contribution in [3.8, 4) is 0 Å². The number of amidine groups is 1. The molecule has 76 valence electrons. The van der Waals surface area contributed by atoms with Crippen LogP contribution in [0.2, 0.25) is 10.0 Å². The third-order valence-electron chi connectivity index (χ3n) is 1.37. The van der Waals surface area contributed by atoms with E-state index < -0.39 is 0 Å². The van der Waals surface area contributed by atoms with Crippen LogP contribution in [0.15, 0.2) is 17.1 Å². The van der Waals surface area contributed by atoms with Crippen LogP contribution in [0.1, 0.15) is 0 Å². The maximum Gasteiger partial charge on any atom is 0.115 e. The van der Waals surface area contributed by atoms with Crippen molar-refractivity contribution in [2.75, 3.05) is 5.88 Å². The molecule has 0 amide bonds. The Bertz CT molecular complexity index is 356. The van der Waals surface area contributed by atoms with Gasteiger partial charge in [-0.25, -0.2) is 4.99 Å². The normalized spacial score (nSPS) is 11.9. The molecule has 6 heteroatoms. The van der Waals surface area contributed by atoms with E-state index in [-0.39, 0.29) is 11.7 Å². The van der Waals surface area contributed by atoms with Gasteiger partial charge in [-0.3, -0.25) is 0 Å². The van der Waals surface area contributed by atoms with Crippen molar-refractivity contribution in [1.82, 2.24) is 0 Å². The van der Waals surface area contributed by atoms with Crippen molar-refractivity contribution in [2.45, 2.75) is 0 Å². The lowest BCUT2D eigenvalue weighted by molar-refractivity contribution is 1.44. The van der Waals surface area contributed by atoms with Crippen LogP contribution in [0.3, 0.4) is 0 Å². The molecule has 2 N–H and O–H groups in total. The second-order valence-corrected chi connectivity index (χ2v) is 4.78. The molecule has 0 aromatic heterocycles. The molecule has 0 bridgehead atoms. The minimum absolute atomic E-state index is 0.151. The Morgan fingerprint density at radius 3 is 2.29 bits per heavy atom. The van der Waals surface area contributed by atoms with E-state index in [0.29, 0.717) is 15.7 Å². The number of benzene rings is 1. The van der Waals surface area contributed by atoms with Gasteiger partial charge in [-0.15, -0.1) is 11.6 Å². The van der Waals surface area contributed by atoms with Crippen LogP contribution in [0.5, 0.6) is 0 Å². The molecule has 0 saturated carbocycles. The number of hydrogen-bond acceptors (Lipinski definition) is 1. The van der Waals surface area contributed by atoms with Gasteiger partial charge in [0, 0.05) is 3.57 Å². The van der Waals surface area contributed by atoms with Crippen LogP contribution < -0.4 is 5.73 Å². The standard InChI is InChI=1S/C8H6Cl3IN2/c9-3-7(13)14-8-5(10)1-4(12)2-6(8)11/h1-2H,3H2,(H2,13,14). The van der Waals surface area contributed by atoms with Crippen molar-refractivity contribution < 1.29 is 0 Å². The molecule has 0 aliphatic carbocycles. The van der Waals surface area contributed by atoms with Crippen LogP contribution in [0, 0.1) is 3.57 Å². The number of aliphatic imine (C=N–C) groups is 1. The summed E-state index contributed by atoms with van der Waals surface area (Å²) in [7, 11) is 0. The molecule has 0 unspecified atom stereocenters. The Labute approximate surface area is 111 Å². The summed E-state index contributed by atoms with van der Waals surface area (Å²) in [5, 5.41) is 0.935. The summed E-state index contributed by atoms with van der Waals surface area (Å²) in [6.45, 7) is 0. The fourth-order valence-corrected chi connectivity index (χ4v) is 2.44. The fourth-order valence-electron chi connectivity index (χ4n) is 0.815. The first-order valence-corrected chi connectivity index (χ1v) is 5.95. The zero-order chi connectivity index (χ0) is 10.7. The molecule has 0 spiro atoms. The molecule has 0 radical (unpaired) electrons. The molecule has 0 atom stereocenters. The minimum Gasteiger partial charge on any atom is -0.386 e. The maximum atomic E-state index is 5.94. The molecular formula is C8H6Cl3IN2. The highest BCUT2D eigenvalue weighted by atomic mass is 127. The molecule has 1 aromatic carbocycles. The number of halogens is 4. The SMILES string of the molecule is NC(CCl)=Nc1c(Cl)cc(I)cc1Cl. The number of nitrogens with zero attached hydrogens (tertiary/aromatic N) is 1. The zero-order valence-electron chi connectivity index (χ0n) is 6.90. The van der Waals surface area contributed by atoms with Crippen LogP contribution in [0.4, 0.5) is 5.69 Å². The Balaban J connectivity index is 3.21. The molecule has 0 aliphatic heterocycles. The van der Waals surface area contributed by atoms with Crippen molar-refractivity contribution >= 4 is 68.9 Å². The first-order valence-electron chi connectivity index (χ1n) is 3.58. The third kappa shape index (κ3) is 3.15. The number of rotatable bonds is 2. The van der Waals surface area contributed by atoms with E-state index in [2.05, 4.69) is 27.6 Å². The van der Waals surface area contributed by atoms with Gasteiger partial charge in [0.15, 0.2) is 0 Å². The van der Waals surface area contributed by atoms with E-state index in [1.54, 1.807) is 12.1 Å². The van der Waals surface area contributed by atoms with Gasteiger partial charge < -0.3 is 5.73 Å². The van der Waals surface area contributed by atoms with Gasteiger partial charge >= 0.3 is 0 Å². The Morgan fingerprint density at radius 2 is 1.86 bits per heavy atom. The molecule has 0 heterocycles. The highest BCUT2D eigenvalue weighted by Crippen LogP contribution is 2.34. The van der Waals surface area contributed by atoms with Crippen LogP contribution >= 0.6 is 57.4 Å². The first kappa shape index (κ1) is 12.4. The second-order valence-electron chi connectivity index (χ2n) is 2.45. The van der Waals surface area contributed by atoms with Crippen molar-refractivity contribution in [1.29, 1.82) is 0 Å². The lowest BCUT2D eigenvalue weighted by Crippen LogP contribution is -2.12. The number of hydrogen-bond donors (Lipinski definition) is 1. The summed E-state index contributed by atoms with van der Waals surface area (Å²) in [6, 6.07) is 3.52. The van der Waals surface area contributed by atoms with Gasteiger partial charge in [0.2, 0.25) is 0 Å². The molecule has 1 rings (SSSR count). The molecule has 1 aromatic rings. The molecule has 0 saturated heterocycles. The summed E-state index contributed by atoms with van der Waals surface area (Å²) in [5.74, 6) is 0.440. The highest BCUT2D eigenvalue weighted by molar-refractivity contribution is 14.1. The monoisotopic (exact) mass is 362 g/mol. The Kier molecular flexibility index (Phi) is 4.76. The molecule has 2 nitrogen and oxygen atoms in total. The predicted octanol–water partition coefficient (Wildman–Crippen LogP) is 3.83. The van der Waals surface area contributed by atoms with Gasteiger partial charge in [0.25, 0.3) is 0 Å². The van der Waals surface area contributed by atoms with E-state index in [1.807, 2.05) is 0 Å². The molecular weight excluding hydrogens is 357 g/mol. The zero-order valence-corrected chi connectivity index (χ0v) is 11.3. The summed E-state index contributed by atoms with van der Waals surface area (Å²) >= 11 is 19.5. The third-order valence-corrected chi connectivity index (χ3v) is 2.85. The topological polar surface area (TPSA) is 38.4 Å². The largest absolute Gasteiger partial charge is 0.386 e. The predicted molar refractivity (Wildman–Crippen MR) is 71.2 cm³/mol. The quantitative estimate of drug-likeness (QED) is 0.369. The minimum atomic E-state index is 0.151. The van der Waals surface area contributed by atoms with E-state index in [4.69, 9.17) is 40.5 Å². The van der Waals surface area contributed by atoms with Gasteiger partial charge in [-0.2, -0.15) is 0 Å². The van der Waals surface area contributed by atoms with Crippen molar-refractivity contribution in [3.63, 3.8) is 0 Å². The lowest BCUT2D eigenvalue weighted by atomic mass is 10.3.